The number of nitrogens with zero attached hydrogens (tertiary/aromatic N) is 2. The van der Waals surface area contributed by atoms with Crippen LogP contribution >= 0.6 is 0 Å². The molecule has 13 heavy (non-hydrogen) atoms. The second-order valence-corrected chi connectivity index (χ2v) is 3.46. The summed E-state index contributed by atoms with van der Waals surface area (Å²) in [5.41, 5.74) is 1.21. The molecule has 0 unspecified atom stereocenters. The van der Waals surface area contributed by atoms with E-state index in [4.69, 9.17) is 0 Å². The van der Waals surface area contributed by atoms with Crippen LogP contribution in [0.2, 0.25) is 0 Å². The zero-order chi connectivity index (χ0) is 9.68. The minimum atomic E-state index is 0.386. The summed E-state index contributed by atoms with van der Waals surface area (Å²) < 4.78 is 0. The van der Waals surface area contributed by atoms with Crippen LogP contribution in [0.25, 0.3) is 0 Å². The van der Waals surface area contributed by atoms with Gasteiger partial charge in [-0.05, 0) is 25.8 Å². The number of aromatic nitrogens is 2. The maximum atomic E-state index is 4.22. The van der Waals surface area contributed by atoms with Crippen molar-refractivity contribution in [2.45, 2.75) is 39.7 Å². The van der Waals surface area contributed by atoms with Gasteiger partial charge < -0.3 is 5.32 Å². The molecule has 0 aliphatic rings. The number of rotatable bonds is 4. The Bertz CT molecular complexity index is 241. The number of aryl methyl sites for hydroxylation is 1. The van der Waals surface area contributed by atoms with Gasteiger partial charge in [-0.2, -0.15) is 0 Å². The largest absolute Gasteiger partial charge is 0.352 e. The van der Waals surface area contributed by atoms with Gasteiger partial charge in [0.25, 0.3) is 0 Å². The van der Waals surface area contributed by atoms with Crippen LogP contribution in [0.4, 0.5) is 5.95 Å². The van der Waals surface area contributed by atoms with Gasteiger partial charge in [0.2, 0.25) is 5.95 Å². The Labute approximate surface area is 79.6 Å². The average Bonchev–Trinajstić information content (AvgIpc) is 2.08. The van der Waals surface area contributed by atoms with Crippen molar-refractivity contribution in [3.05, 3.63) is 18.0 Å². The lowest BCUT2D eigenvalue weighted by Crippen LogP contribution is -2.12. The Hall–Kier alpha value is -1.12. The Balaban J connectivity index is 2.59. The van der Waals surface area contributed by atoms with Gasteiger partial charge in [0, 0.05) is 18.4 Å². The summed E-state index contributed by atoms with van der Waals surface area (Å²) >= 11 is 0. The van der Waals surface area contributed by atoms with E-state index in [9.17, 15) is 0 Å². The van der Waals surface area contributed by atoms with E-state index in [2.05, 4.69) is 36.1 Å². The van der Waals surface area contributed by atoms with Crippen LogP contribution in [0.5, 0.6) is 0 Å². The van der Waals surface area contributed by atoms with Gasteiger partial charge in [-0.3, -0.25) is 0 Å². The molecule has 0 saturated carbocycles. The molecule has 1 aromatic heterocycles. The highest BCUT2D eigenvalue weighted by Gasteiger charge is 1.97. The van der Waals surface area contributed by atoms with Gasteiger partial charge in [-0.1, -0.05) is 13.3 Å². The lowest BCUT2D eigenvalue weighted by atomic mass is 10.2. The first kappa shape index (κ1) is 9.96. The molecule has 1 rings (SSSR count). The van der Waals surface area contributed by atoms with E-state index >= 15 is 0 Å². The second kappa shape index (κ2) is 4.80. The van der Waals surface area contributed by atoms with E-state index in [1.54, 1.807) is 0 Å². The first-order valence-electron chi connectivity index (χ1n) is 4.79. The first-order valence-corrected chi connectivity index (χ1v) is 4.79. The van der Waals surface area contributed by atoms with Crippen LogP contribution in [0, 0.1) is 0 Å². The fourth-order valence-electron chi connectivity index (χ4n) is 1.11. The molecular formula is C10H17N3. The Morgan fingerprint density at radius 2 is 1.92 bits per heavy atom. The van der Waals surface area contributed by atoms with Crippen LogP contribution in [0.3, 0.4) is 0 Å². The van der Waals surface area contributed by atoms with Crippen molar-refractivity contribution >= 4 is 5.95 Å². The molecule has 0 atom stereocenters. The maximum absolute atomic E-state index is 4.22. The predicted molar refractivity (Wildman–Crippen MR) is 54.8 cm³/mol. The topological polar surface area (TPSA) is 37.8 Å². The van der Waals surface area contributed by atoms with Gasteiger partial charge in [-0.15, -0.1) is 0 Å². The molecule has 72 valence electrons. The van der Waals surface area contributed by atoms with Crippen LogP contribution in [0.15, 0.2) is 12.4 Å². The molecule has 0 amide bonds. The molecule has 0 saturated heterocycles. The lowest BCUT2D eigenvalue weighted by molar-refractivity contribution is 0.860. The number of nitrogens with one attached hydrogen (secondary N) is 1. The lowest BCUT2D eigenvalue weighted by Gasteiger charge is -2.07. The van der Waals surface area contributed by atoms with Gasteiger partial charge >= 0.3 is 0 Å². The SMILES string of the molecule is CCCc1cnc(NC(C)C)nc1. The van der Waals surface area contributed by atoms with Crippen LogP contribution in [0.1, 0.15) is 32.8 Å². The molecule has 0 aliphatic carbocycles. The fourth-order valence-corrected chi connectivity index (χ4v) is 1.11. The first-order chi connectivity index (χ1) is 6.22. The Kier molecular flexibility index (Phi) is 3.68. The summed E-state index contributed by atoms with van der Waals surface area (Å²) in [4.78, 5) is 8.43. The van der Waals surface area contributed by atoms with Crippen LogP contribution < -0.4 is 5.32 Å². The summed E-state index contributed by atoms with van der Waals surface area (Å²) in [6.45, 7) is 6.30. The molecule has 0 aromatic carbocycles. The predicted octanol–water partition coefficient (Wildman–Crippen LogP) is 2.25. The fraction of sp³-hybridized carbons (Fsp3) is 0.600. The van der Waals surface area contributed by atoms with Crippen LogP contribution in [-0.2, 0) is 6.42 Å². The van der Waals surface area contributed by atoms with Crippen molar-refractivity contribution in [1.82, 2.24) is 9.97 Å². The molecule has 0 spiro atoms. The van der Waals surface area contributed by atoms with Gasteiger partial charge in [0.15, 0.2) is 0 Å². The number of hydrogen-bond donors (Lipinski definition) is 1. The number of hydrogen-bond acceptors (Lipinski definition) is 3. The third-order valence-corrected chi connectivity index (χ3v) is 1.66. The van der Waals surface area contributed by atoms with E-state index in [-0.39, 0.29) is 0 Å². The van der Waals surface area contributed by atoms with Crippen molar-refractivity contribution in [3.63, 3.8) is 0 Å². The van der Waals surface area contributed by atoms with Crippen molar-refractivity contribution in [3.8, 4) is 0 Å². The third-order valence-electron chi connectivity index (χ3n) is 1.66. The average molecular weight is 179 g/mol. The molecule has 0 bridgehead atoms. The van der Waals surface area contributed by atoms with Gasteiger partial charge in [0.05, 0.1) is 0 Å². The highest BCUT2D eigenvalue weighted by Crippen LogP contribution is 2.03. The zero-order valence-corrected chi connectivity index (χ0v) is 8.54. The van der Waals surface area contributed by atoms with Crippen molar-refractivity contribution in [2.75, 3.05) is 5.32 Å². The minimum absolute atomic E-state index is 0.386. The van der Waals surface area contributed by atoms with Gasteiger partial charge in [0.1, 0.15) is 0 Å². The van der Waals surface area contributed by atoms with Crippen LogP contribution in [-0.4, -0.2) is 16.0 Å². The van der Waals surface area contributed by atoms with E-state index in [1.807, 2.05) is 12.4 Å². The van der Waals surface area contributed by atoms with E-state index < -0.39 is 0 Å². The van der Waals surface area contributed by atoms with E-state index in [0.717, 1.165) is 18.8 Å². The summed E-state index contributed by atoms with van der Waals surface area (Å²) in [5, 5.41) is 3.15. The summed E-state index contributed by atoms with van der Waals surface area (Å²) in [6, 6.07) is 0.386. The van der Waals surface area contributed by atoms with Crippen molar-refractivity contribution in [2.24, 2.45) is 0 Å². The molecule has 3 nitrogen and oxygen atoms in total. The monoisotopic (exact) mass is 179 g/mol. The molecule has 0 radical (unpaired) electrons. The minimum Gasteiger partial charge on any atom is -0.352 e. The van der Waals surface area contributed by atoms with Gasteiger partial charge in [-0.25, -0.2) is 9.97 Å². The highest BCUT2D eigenvalue weighted by atomic mass is 15.1. The molecule has 1 heterocycles. The summed E-state index contributed by atoms with van der Waals surface area (Å²) in [6.07, 6.45) is 5.98. The normalized spacial score (nSPS) is 10.5. The molecule has 0 fully saturated rings. The second-order valence-electron chi connectivity index (χ2n) is 3.46. The number of anilines is 1. The quantitative estimate of drug-likeness (QED) is 0.770. The Morgan fingerprint density at radius 3 is 2.38 bits per heavy atom. The van der Waals surface area contributed by atoms with Crippen molar-refractivity contribution < 1.29 is 0 Å². The summed E-state index contributed by atoms with van der Waals surface area (Å²) in [7, 11) is 0. The van der Waals surface area contributed by atoms with Crippen molar-refractivity contribution in [1.29, 1.82) is 0 Å². The molecular weight excluding hydrogens is 162 g/mol. The maximum Gasteiger partial charge on any atom is 0.222 e. The molecule has 3 heteroatoms. The Morgan fingerprint density at radius 1 is 1.31 bits per heavy atom. The molecule has 0 aliphatic heterocycles. The third kappa shape index (κ3) is 3.40. The highest BCUT2D eigenvalue weighted by molar-refractivity contribution is 5.25. The standard InChI is InChI=1S/C10H17N3/c1-4-5-9-6-11-10(12-7-9)13-8(2)3/h6-8H,4-5H2,1-3H3,(H,11,12,13). The molecule has 1 N–H and O–H groups in total. The summed E-state index contributed by atoms with van der Waals surface area (Å²) in [5.74, 6) is 0.717. The smallest absolute Gasteiger partial charge is 0.222 e. The zero-order valence-electron chi connectivity index (χ0n) is 8.54. The van der Waals surface area contributed by atoms with E-state index in [0.29, 0.717) is 6.04 Å². The van der Waals surface area contributed by atoms with E-state index in [1.165, 1.54) is 5.56 Å². The molecule has 1 aromatic rings.